The van der Waals surface area contributed by atoms with Gasteiger partial charge in [0.05, 0.1) is 18.5 Å². The van der Waals surface area contributed by atoms with Crippen molar-refractivity contribution in [3.8, 4) is 0 Å². The smallest absolute Gasteiger partial charge is 0.0738 e. The molecule has 1 aromatic heterocycles. The zero-order valence-corrected chi connectivity index (χ0v) is 7.36. The number of nitrogens with one attached hydrogen (secondary N) is 1. The first-order valence-corrected chi connectivity index (χ1v) is 3.92. The molecule has 5 nitrogen and oxygen atoms in total. The Balaban J connectivity index is 2.38. The Hall–Kier alpha value is -0.940. The second-order valence-corrected chi connectivity index (χ2v) is 2.81. The Morgan fingerprint density at radius 1 is 1.75 bits per heavy atom. The number of hydrogen-bond donors (Lipinski definition) is 2. The standard InChI is InChI=1S/C7H14N4O/c1-6(5-12)8-3-7-4-9-10-11(7)2/h4,6,8,12H,3,5H2,1-2H3. The van der Waals surface area contributed by atoms with E-state index < -0.39 is 0 Å². The summed E-state index contributed by atoms with van der Waals surface area (Å²) in [4.78, 5) is 0. The van der Waals surface area contributed by atoms with E-state index in [1.165, 1.54) is 0 Å². The summed E-state index contributed by atoms with van der Waals surface area (Å²) in [6.07, 6.45) is 1.71. The van der Waals surface area contributed by atoms with Gasteiger partial charge in [-0.2, -0.15) is 0 Å². The average Bonchev–Trinajstić information content (AvgIpc) is 2.47. The topological polar surface area (TPSA) is 63.0 Å². The van der Waals surface area contributed by atoms with Crippen LogP contribution in [0.4, 0.5) is 0 Å². The first-order valence-electron chi connectivity index (χ1n) is 3.92. The fraction of sp³-hybridized carbons (Fsp3) is 0.714. The van der Waals surface area contributed by atoms with Crippen molar-refractivity contribution < 1.29 is 5.11 Å². The Morgan fingerprint density at radius 2 is 2.50 bits per heavy atom. The highest BCUT2D eigenvalue weighted by atomic mass is 16.3. The Labute approximate surface area is 71.4 Å². The van der Waals surface area contributed by atoms with Crippen LogP contribution in [0.15, 0.2) is 6.20 Å². The fourth-order valence-electron chi connectivity index (χ4n) is 0.814. The van der Waals surface area contributed by atoms with Crippen LogP contribution in [-0.2, 0) is 13.6 Å². The van der Waals surface area contributed by atoms with Crippen LogP contribution < -0.4 is 5.32 Å². The van der Waals surface area contributed by atoms with E-state index in [2.05, 4.69) is 15.6 Å². The molecule has 0 aliphatic carbocycles. The number of rotatable bonds is 4. The van der Waals surface area contributed by atoms with Crippen molar-refractivity contribution in [2.24, 2.45) is 7.05 Å². The van der Waals surface area contributed by atoms with Gasteiger partial charge >= 0.3 is 0 Å². The monoisotopic (exact) mass is 170 g/mol. The number of hydrogen-bond acceptors (Lipinski definition) is 4. The molecule has 0 bridgehead atoms. The van der Waals surface area contributed by atoms with Gasteiger partial charge in [-0.25, -0.2) is 0 Å². The molecule has 0 aliphatic heterocycles. The molecule has 0 fully saturated rings. The van der Waals surface area contributed by atoms with Gasteiger partial charge in [-0.05, 0) is 6.92 Å². The lowest BCUT2D eigenvalue weighted by molar-refractivity contribution is 0.250. The molecule has 0 radical (unpaired) electrons. The minimum absolute atomic E-state index is 0.111. The third-order valence-electron chi connectivity index (χ3n) is 1.71. The fourth-order valence-corrected chi connectivity index (χ4v) is 0.814. The highest BCUT2D eigenvalue weighted by Crippen LogP contribution is 1.92. The van der Waals surface area contributed by atoms with Gasteiger partial charge in [-0.3, -0.25) is 4.68 Å². The van der Waals surface area contributed by atoms with E-state index in [0.29, 0.717) is 6.54 Å². The molecule has 0 amide bonds. The van der Waals surface area contributed by atoms with Gasteiger partial charge in [-0.15, -0.1) is 5.10 Å². The SMILES string of the molecule is CC(CO)NCc1cnnn1C. The number of aryl methyl sites for hydroxylation is 1. The first-order chi connectivity index (χ1) is 5.74. The van der Waals surface area contributed by atoms with Crippen LogP contribution in [-0.4, -0.2) is 32.7 Å². The maximum Gasteiger partial charge on any atom is 0.0738 e. The number of aliphatic hydroxyl groups is 1. The van der Waals surface area contributed by atoms with Gasteiger partial charge < -0.3 is 10.4 Å². The van der Waals surface area contributed by atoms with Crippen LogP contribution in [0.2, 0.25) is 0 Å². The van der Waals surface area contributed by atoms with Crippen LogP contribution in [0.5, 0.6) is 0 Å². The van der Waals surface area contributed by atoms with E-state index in [1.807, 2.05) is 14.0 Å². The van der Waals surface area contributed by atoms with E-state index in [9.17, 15) is 0 Å². The highest BCUT2D eigenvalue weighted by Gasteiger charge is 2.01. The van der Waals surface area contributed by atoms with Gasteiger partial charge in [0.15, 0.2) is 0 Å². The van der Waals surface area contributed by atoms with Crippen LogP contribution in [0, 0.1) is 0 Å². The Bertz CT molecular complexity index is 235. The van der Waals surface area contributed by atoms with Crippen molar-refractivity contribution in [1.29, 1.82) is 0 Å². The molecule has 0 saturated heterocycles. The average molecular weight is 170 g/mol. The summed E-state index contributed by atoms with van der Waals surface area (Å²) in [5.74, 6) is 0. The molecule has 0 saturated carbocycles. The van der Waals surface area contributed by atoms with Crippen LogP contribution in [0.1, 0.15) is 12.6 Å². The third kappa shape index (κ3) is 2.28. The molecule has 1 heterocycles. The van der Waals surface area contributed by atoms with Gasteiger partial charge in [-0.1, -0.05) is 5.21 Å². The second kappa shape index (κ2) is 4.18. The predicted molar refractivity (Wildman–Crippen MR) is 44.4 cm³/mol. The predicted octanol–water partition coefficient (Wildman–Crippen LogP) is -0.715. The minimum Gasteiger partial charge on any atom is -0.395 e. The molecular formula is C7H14N4O. The van der Waals surface area contributed by atoms with Crippen molar-refractivity contribution in [2.75, 3.05) is 6.61 Å². The molecule has 1 rings (SSSR count). The summed E-state index contributed by atoms with van der Waals surface area (Å²) in [7, 11) is 1.84. The van der Waals surface area contributed by atoms with Crippen LogP contribution in [0.3, 0.4) is 0 Å². The summed E-state index contributed by atoms with van der Waals surface area (Å²) in [6.45, 7) is 2.75. The van der Waals surface area contributed by atoms with Crippen molar-refractivity contribution in [1.82, 2.24) is 20.3 Å². The number of aliphatic hydroxyl groups excluding tert-OH is 1. The summed E-state index contributed by atoms with van der Waals surface area (Å²) in [5.41, 5.74) is 1.01. The van der Waals surface area contributed by atoms with E-state index in [4.69, 9.17) is 5.11 Å². The molecule has 1 atom stereocenters. The molecular weight excluding hydrogens is 156 g/mol. The minimum atomic E-state index is 0.111. The van der Waals surface area contributed by atoms with E-state index in [0.717, 1.165) is 5.69 Å². The van der Waals surface area contributed by atoms with E-state index in [1.54, 1.807) is 10.9 Å². The lowest BCUT2D eigenvalue weighted by Gasteiger charge is -2.09. The Morgan fingerprint density at radius 3 is 3.00 bits per heavy atom. The quantitative estimate of drug-likeness (QED) is 0.626. The van der Waals surface area contributed by atoms with Crippen molar-refractivity contribution >= 4 is 0 Å². The summed E-state index contributed by atoms with van der Waals surface area (Å²) < 4.78 is 1.71. The number of aromatic nitrogens is 3. The zero-order valence-electron chi connectivity index (χ0n) is 7.36. The largest absolute Gasteiger partial charge is 0.395 e. The Kier molecular flexibility index (Phi) is 3.19. The maximum absolute atomic E-state index is 8.73. The maximum atomic E-state index is 8.73. The molecule has 5 heteroatoms. The van der Waals surface area contributed by atoms with Gasteiger partial charge in [0.2, 0.25) is 0 Å². The highest BCUT2D eigenvalue weighted by molar-refractivity contribution is 4.92. The van der Waals surface area contributed by atoms with Gasteiger partial charge in [0.25, 0.3) is 0 Å². The molecule has 1 aromatic rings. The zero-order chi connectivity index (χ0) is 8.97. The molecule has 1 unspecified atom stereocenters. The third-order valence-corrected chi connectivity index (χ3v) is 1.71. The van der Waals surface area contributed by atoms with E-state index in [-0.39, 0.29) is 12.6 Å². The van der Waals surface area contributed by atoms with Gasteiger partial charge in [0.1, 0.15) is 0 Å². The van der Waals surface area contributed by atoms with E-state index >= 15 is 0 Å². The molecule has 0 aromatic carbocycles. The number of nitrogens with zero attached hydrogens (tertiary/aromatic N) is 3. The first kappa shape index (κ1) is 9.15. The van der Waals surface area contributed by atoms with Crippen LogP contribution >= 0.6 is 0 Å². The molecule has 2 N–H and O–H groups in total. The van der Waals surface area contributed by atoms with Crippen molar-refractivity contribution in [3.05, 3.63) is 11.9 Å². The molecule has 0 aliphatic rings. The van der Waals surface area contributed by atoms with Crippen molar-refractivity contribution in [2.45, 2.75) is 19.5 Å². The molecule has 12 heavy (non-hydrogen) atoms. The molecule has 68 valence electrons. The second-order valence-electron chi connectivity index (χ2n) is 2.81. The summed E-state index contributed by atoms with van der Waals surface area (Å²) in [6, 6.07) is 0.111. The molecule has 0 spiro atoms. The summed E-state index contributed by atoms with van der Waals surface area (Å²) in [5, 5.41) is 19.4. The normalized spacial score (nSPS) is 13.2. The van der Waals surface area contributed by atoms with Gasteiger partial charge in [0, 0.05) is 19.6 Å². The summed E-state index contributed by atoms with van der Waals surface area (Å²) >= 11 is 0. The lowest BCUT2D eigenvalue weighted by atomic mass is 10.3. The van der Waals surface area contributed by atoms with Crippen molar-refractivity contribution in [3.63, 3.8) is 0 Å². The van der Waals surface area contributed by atoms with Crippen LogP contribution in [0.25, 0.3) is 0 Å². The lowest BCUT2D eigenvalue weighted by Crippen LogP contribution is -2.29.